The van der Waals surface area contributed by atoms with Gasteiger partial charge in [-0.15, -0.1) is 0 Å². The van der Waals surface area contributed by atoms with Crippen LogP contribution in [0.5, 0.6) is 11.5 Å². The molecule has 5 rings (SSSR count). The highest BCUT2D eigenvalue weighted by Gasteiger charge is 2.31. The Hall–Kier alpha value is -3.64. The van der Waals surface area contributed by atoms with E-state index in [1.54, 1.807) is 0 Å². The maximum absolute atomic E-state index is 6.24. The second kappa shape index (κ2) is 6.21. The van der Waals surface area contributed by atoms with Crippen molar-refractivity contribution in [2.75, 3.05) is 5.73 Å². The first-order chi connectivity index (χ1) is 13.6. The lowest BCUT2D eigenvalue weighted by Gasteiger charge is -2.09. The van der Waals surface area contributed by atoms with Crippen molar-refractivity contribution in [3.63, 3.8) is 0 Å². The molecular weight excluding hydrogens is 350 g/mol. The first kappa shape index (κ1) is 16.5. The van der Waals surface area contributed by atoms with Gasteiger partial charge in [-0.25, -0.2) is 9.97 Å². The summed E-state index contributed by atoms with van der Waals surface area (Å²) in [5, 5.41) is 0.835. The molecule has 4 aromatic rings. The van der Waals surface area contributed by atoms with Crippen molar-refractivity contribution in [3.8, 4) is 22.6 Å². The summed E-state index contributed by atoms with van der Waals surface area (Å²) in [4.78, 5) is 8.64. The van der Waals surface area contributed by atoms with Crippen LogP contribution in [0.15, 0.2) is 67.5 Å². The molecule has 1 aliphatic rings. The smallest absolute Gasteiger partial charge is 0.146 e. The molecule has 2 aromatic carbocycles. The molecule has 138 valence electrons. The zero-order chi connectivity index (χ0) is 19.3. The number of para-hydroxylation sites is 1. The van der Waals surface area contributed by atoms with Gasteiger partial charge in [0.15, 0.2) is 0 Å². The summed E-state index contributed by atoms with van der Waals surface area (Å²) in [6.45, 7) is 4.84. The van der Waals surface area contributed by atoms with Crippen LogP contribution in [0.3, 0.4) is 0 Å². The van der Waals surface area contributed by atoms with Gasteiger partial charge in [-0.2, -0.15) is 0 Å². The standard InChI is InChI=1S/C22H19N5O/c1-13-17(23)11-27-20(13)18(19-21(24)25-12-26-22(19)27)14-7-9-16(10-8-14)28-15-5-3-2-4-6-15/h2-10,12,17H,1,11,23H2,(H2,24,25,26). The predicted molar refractivity (Wildman–Crippen MR) is 111 cm³/mol. The zero-order valence-corrected chi connectivity index (χ0v) is 15.2. The van der Waals surface area contributed by atoms with E-state index in [-0.39, 0.29) is 6.04 Å². The van der Waals surface area contributed by atoms with E-state index in [4.69, 9.17) is 16.2 Å². The third-order valence-corrected chi connectivity index (χ3v) is 5.12. The third-order valence-electron chi connectivity index (χ3n) is 5.12. The molecular formula is C22H19N5O. The molecule has 0 fully saturated rings. The highest BCUT2D eigenvalue weighted by Crippen LogP contribution is 2.43. The Kier molecular flexibility index (Phi) is 3.67. The summed E-state index contributed by atoms with van der Waals surface area (Å²) in [6, 6.07) is 17.5. The van der Waals surface area contributed by atoms with Gasteiger partial charge < -0.3 is 20.8 Å². The summed E-state index contributed by atoms with van der Waals surface area (Å²) < 4.78 is 7.99. The largest absolute Gasteiger partial charge is 0.457 e. The minimum atomic E-state index is -0.130. The number of ether oxygens (including phenoxy) is 1. The van der Waals surface area contributed by atoms with Gasteiger partial charge in [0, 0.05) is 18.2 Å². The summed E-state index contributed by atoms with van der Waals surface area (Å²) in [7, 11) is 0. The fraction of sp³-hybridized carbons (Fsp3) is 0.0909. The Bertz CT molecular complexity index is 1200. The molecule has 0 saturated carbocycles. The van der Waals surface area contributed by atoms with Crippen LogP contribution in [0, 0.1) is 0 Å². The van der Waals surface area contributed by atoms with E-state index in [1.807, 2.05) is 54.6 Å². The molecule has 0 amide bonds. The summed E-state index contributed by atoms with van der Waals surface area (Å²) in [5.74, 6) is 2.00. The SMILES string of the molecule is C=C1c2c(-c3ccc(Oc4ccccc4)cc3)c3c(N)ncnc3n2CC1N. The van der Waals surface area contributed by atoms with E-state index in [1.165, 1.54) is 6.33 Å². The number of nitrogen functional groups attached to an aromatic ring is 1. The third kappa shape index (κ3) is 2.46. The van der Waals surface area contributed by atoms with E-state index in [9.17, 15) is 0 Å². The molecule has 0 aliphatic carbocycles. The lowest BCUT2D eigenvalue weighted by atomic mass is 9.98. The van der Waals surface area contributed by atoms with E-state index in [0.29, 0.717) is 12.4 Å². The molecule has 0 radical (unpaired) electrons. The molecule has 28 heavy (non-hydrogen) atoms. The topological polar surface area (TPSA) is 92.0 Å². The summed E-state index contributed by atoms with van der Waals surface area (Å²) in [6.07, 6.45) is 1.48. The first-order valence-corrected chi connectivity index (χ1v) is 9.04. The summed E-state index contributed by atoms with van der Waals surface area (Å²) >= 11 is 0. The van der Waals surface area contributed by atoms with E-state index in [0.717, 1.165) is 44.9 Å². The number of nitrogens with zero attached hydrogens (tertiary/aromatic N) is 3. The average Bonchev–Trinajstić information content (AvgIpc) is 3.19. The van der Waals surface area contributed by atoms with Gasteiger partial charge in [0.05, 0.1) is 11.1 Å². The number of hydrogen-bond acceptors (Lipinski definition) is 5. The van der Waals surface area contributed by atoms with Gasteiger partial charge in [0.1, 0.15) is 29.3 Å². The number of aromatic nitrogens is 3. The Morgan fingerprint density at radius 3 is 2.46 bits per heavy atom. The van der Waals surface area contributed by atoms with Gasteiger partial charge in [-0.05, 0) is 35.4 Å². The monoisotopic (exact) mass is 369 g/mol. The Labute approximate surface area is 162 Å². The van der Waals surface area contributed by atoms with Crippen LogP contribution in [-0.4, -0.2) is 20.6 Å². The first-order valence-electron chi connectivity index (χ1n) is 9.04. The van der Waals surface area contributed by atoms with Crippen LogP contribution in [0.25, 0.3) is 27.7 Å². The number of rotatable bonds is 3. The zero-order valence-electron chi connectivity index (χ0n) is 15.2. The average molecular weight is 369 g/mol. The molecule has 4 N–H and O–H groups in total. The Morgan fingerprint density at radius 1 is 1.00 bits per heavy atom. The Balaban J connectivity index is 1.63. The maximum Gasteiger partial charge on any atom is 0.146 e. The molecule has 1 aliphatic heterocycles. The number of hydrogen-bond donors (Lipinski definition) is 2. The number of benzene rings is 2. The number of fused-ring (bicyclic) bond motifs is 3. The lowest BCUT2D eigenvalue weighted by molar-refractivity contribution is 0.483. The van der Waals surface area contributed by atoms with Crippen molar-refractivity contribution < 1.29 is 4.74 Å². The van der Waals surface area contributed by atoms with Gasteiger partial charge in [0.25, 0.3) is 0 Å². The van der Waals surface area contributed by atoms with E-state index in [2.05, 4.69) is 21.1 Å². The predicted octanol–water partition coefficient (Wildman–Crippen LogP) is 3.83. The van der Waals surface area contributed by atoms with Crippen LogP contribution in [0.1, 0.15) is 5.69 Å². The van der Waals surface area contributed by atoms with Crippen molar-refractivity contribution in [1.82, 2.24) is 14.5 Å². The molecule has 6 nitrogen and oxygen atoms in total. The van der Waals surface area contributed by atoms with Crippen molar-refractivity contribution in [3.05, 3.63) is 73.2 Å². The normalized spacial score (nSPS) is 15.8. The fourth-order valence-electron chi connectivity index (χ4n) is 3.78. The summed E-state index contributed by atoms with van der Waals surface area (Å²) in [5.41, 5.74) is 17.1. The second-order valence-electron chi connectivity index (χ2n) is 6.86. The van der Waals surface area contributed by atoms with Crippen LogP contribution < -0.4 is 16.2 Å². The molecule has 2 aromatic heterocycles. The lowest BCUT2D eigenvalue weighted by Crippen LogP contribution is -2.20. The van der Waals surface area contributed by atoms with Crippen molar-refractivity contribution in [1.29, 1.82) is 0 Å². The van der Waals surface area contributed by atoms with Crippen LogP contribution in [-0.2, 0) is 6.54 Å². The molecule has 6 heteroatoms. The number of anilines is 1. The van der Waals surface area contributed by atoms with Gasteiger partial charge in [-0.1, -0.05) is 36.9 Å². The van der Waals surface area contributed by atoms with Crippen molar-refractivity contribution in [2.24, 2.45) is 5.73 Å². The minimum Gasteiger partial charge on any atom is -0.457 e. The highest BCUT2D eigenvalue weighted by atomic mass is 16.5. The molecule has 0 saturated heterocycles. The molecule has 1 atom stereocenters. The van der Waals surface area contributed by atoms with Gasteiger partial charge in [-0.3, -0.25) is 0 Å². The fourth-order valence-corrected chi connectivity index (χ4v) is 3.78. The molecule has 0 spiro atoms. The molecule has 3 heterocycles. The van der Waals surface area contributed by atoms with E-state index < -0.39 is 0 Å². The minimum absolute atomic E-state index is 0.130. The second-order valence-corrected chi connectivity index (χ2v) is 6.86. The Morgan fingerprint density at radius 2 is 1.71 bits per heavy atom. The van der Waals surface area contributed by atoms with Crippen molar-refractivity contribution in [2.45, 2.75) is 12.6 Å². The highest BCUT2D eigenvalue weighted by molar-refractivity contribution is 6.06. The molecule has 0 bridgehead atoms. The van der Waals surface area contributed by atoms with Gasteiger partial charge in [0.2, 0.25) is 0 Å². The number of nitrogens with two attached hydrogens (primary N) is 2. The van der Waals surface area contributed by atoms with E-state index >= 15 is 0 Å². The van der Waals surface area contributed by atoms with Crippen LogP contribution in [0.4, 0.5) is 5.82 Å². The van der Waals surface area contributed by atoms with Crippen molar-refractivity contribution >= 4 is 22.4 Å². The molecule has 1 unspecified atom stereocenters. The quantitative estimate of drug-likeness (QED) is 0.573. The van der Waals surface area contributed by atoms with Crippen LogP contribution >= 0.6 is 0 Å². The van der Waals surface area contributed by atoms with Crippen LogP contribution in [0.2, 0.25) is 0 Å². The van der Waals surface area contributed by atoms with Gasteiger partial charge >= 0.3 is 0 Å². The maximum atomic E-state index is 6.24.